The van der Waals surface area contributed by atoms with Crippen LogP contribution in [0.15, 0.2) is 41.2 Å². The van der Waals surface area contributed by atoms with Crippen molar-refractivity contribution < 1.29 is 0 Å². The van der Waals surface area contributed by atoms with Crippen molar-refractivity contribution in [3.63, 3.8) is 0 Å². The molecule has 1 aromatic heterocycles. The van der Waals surface area contributed by atoms with Gasteiger partial charge in [-0.2, -0.15) is 0 Å². The number of hydrogen-bond acceptors (Lipinski definition) is 2. The third-order valence-corrected chi connectivity index (χ3v) is 2.15. The van der Waals surface area contributed by atoms with Gasteiger partial charge in [-0.3, -0.25) is 9.98 Å². The highest BCUT2D eigenvalue weighted by molar-refractivity contribution is 5.63. The second-order valence-electron chi connectivity index (χ2n) is 3.15. The molecule has 0 atom stereocenters. The Morgan fingerprint density at radius 1 is 1.23 bits per heavy atom. The average Bonchev–Trinajstić information content (AvgIpc) is 2.21. The Morgan fingerprint density at radius 2 is 2.08 bits per heavy atom. The molecule has 13 heavy (non-hydrogen) atoms. The Hall–Kier alpha value is -1.44. The second-order valence-corrected chi connectivity index (χ2v) is 3.15. The Morgan fingerprint density at radius 3 is 2.77 bits per heavy atom. The summed E-state index contributed by atoms with van der Waals surface area (Å²) in [6, 6.07) is 4.12. The predicted molar refractivity (Wildman–Crippen MR) is 54.0 cm³/mol. The van der Waals surface area contributed by atoms with E-state index in [4.69, 9.17) is 0 Å². The smallest absolute Gasteiger partial charge is 0.0569 e. The first-order valence-electron chi connectivity index (χ1n) is 4.50. The molecule has 66 valence electrons. The molecule has 1 aromatic rings. The van der Waals surface area contributed by atoms with Gasteiger partial charge in [0.25, 0.3) is 0 Å². The first-order valence-corrected chi connectivity index (χ1v) is 4.50. The van der Waals surface area contributed by atoms with Crippen LogP contribution in [0.5, 0.6) is 0 Å². The third-order valence-electron chi connectivity index (χ3n) is 2.15. The van der Waals surface area contributed by atoms with Crippen molar-refractivity contribution >= 4 is 6.21 Å². The van der Waals surface area contributed by atoms with E-state index in [1.54, 1.807) is 0 Å². The van der Waals surface area contributed by atoms with E-state index in [0.717, 1.165) is 19.4 Å². The van der Waals surface area contributed by atoms with Crippen LogP contribution in [0, 0.1) is 0 Å². The van der Waals surface area contributed by atoms with Gasteiger partial charge in [0.05, 0.1) is 6.54 Å². The first kappa shape index (κ1) is 8.17. The summed E-state index contributed by atoms with van der Waals surface area (Å²) in [5, 5.41) is 0. The fourth-order valence-electron chi connectivity index (χ4n) is 1.43. The van der Waals surface area contributed by atoms with Gasteiger partial charge >= 0.3 is 0 Å². The van der Waals surface area contributed by atoms with Gasteiger partial charge in [-0.15, -0.1) is 0 Å². The minimum absolute atomic E-state index is 0.848. The predicted octanol–water partition coefficient (Wildman–Crippen LogP) is 2.02. The molecule has 0 radical (unpaired) electrons. The molecule has 1 aliphatic rings. The standard InChI is InChI=1S/C11H12N2/c1-5-12-6-2-10(1)9-11-3-7-13-8-4-11/h1-3,5-6,8H,4,7,9H2. The molecule has 2 nitrogen and oxygen atoms in total. The summed E-state index contributed by atoms with van der Waals surface area (Å²) >= 11 is 0. The molecule has 0 saturated heterocycles. The van der Waals surface area contributed by atoms with Crippen LogP contribution in [0.3, 0.4) is 0 Å². The van der Waals surface area contributed by atoms with Crippen molar-refractivity contribution in [2.45, 2.75) is 12.8 Å². The van der Waals surface area contributed by atoms with Crippen LogP contribution in [-0.4, -0.2) is 17.7 Å². The maximum absolute atomic E-state index is 4.16. The van der Waals surface area contributed by atoms with E-state index in [1.165, 1.54) is 11.1 Å². The quantitative estimate of drug-likeness (QED) is 0.626. The molecule has 1 aliphatic heterocycles. The molecule has 0 amide bonds. The molecule has 2 heteroatoms. The number of hydrogen-bond donors (Lipinski definition) is 0. The van der Waals surface area contributed by atoms with Gasteiger partial charge < -0.3 is 0 Å². The van der Waals surface area contributed by atoms with E-state index in [1.807, 2.05) is 18.6 Å². The van der Waals surface area contributed by atoms with Crippen molar-refractivity contribution in [2.75, 3.05) is 6.54 Å². The van der Waals surface area contributed by atoms with Gasteiger partial charge in [0.15, 0.2) is 0 Å². The van der Waals surface area contributed by atoms with Crippen LogP contribution in [0.1, 0.15) is 12.0 Å². The molecule has 2 rings (SSSR count). The van der Waals surface area contributed by atoms with Crippen LogP contribution in [0.4, 0.5) is 0 Å². The number of rotatable bonds is 2. The molecule has 0 saturated carbocycles. The largest absolute Gasteiger partial charge is 0.293 e. The van der Waals surface area contributed by atoms with Crippen molar-refractivity contribution in [1.29, 1.82) is 0 Å². The van der Waals surface area contributed by atoms with Crippen molar-refractivity contribution in [3.8, 4) is 0 Å². The van der Waals surface area contributed by atoms with Crippen LogP contribution >= 0.6 is 0 Å². The maximum Gasteiger partial charge on any atom is 0.0569 e. The van der Waals surface area contributed by atoms with Crippen LogP contribution in [0.2, 0.25) is 0 Å². The summed E-state index contributed by atoms with van der Waals surface area (Å²) in [6.07, 6.45) is 9.92. The van der Waals surface area contributed by atoms with Gasteiger partial charge in [-0.25, -0.2) is 0 Å². The SMILES string of the molecule is C1=NCC=C(Cc2ccncc2)C1. The van der Waals surface area contributed by atoms with Crippen LogP contribution in [-0.2, 0) is 6.42 Å². The van der Waals surface area contributed by atoms with Gasteiger partial charge in [-0.05, 0) is 24.1 Å². The monoisotopic (exact) mass is 172 g/mol. The van der Waals surface area contributed by atoms with Gasteiger partial charge in [0, 0.05) is 25.0 Å². The average molecular weight is 172 g/mol. The Labute approximate surface area is 78.0 Å². The van der Waals surface area contributed by atoms with E-state index >= 15 is 0 Å². The first-order chi connectivity index (χ1) is 6.45. The zero-order chi connectivity index (χ0) is 8.93. The summed E-state index contributed by atoms with van der Waals surface area (Å²) in [4.78, 5) is 8.15. The highest BCUT2D eigenvalue weighted by Crippen LogP contribution is 2.11. The lowest BCUT2D eigenvalue weighted by molar-refractivity contribution is 1.03. The van der Waals surface area contributed by atoms with Crippen molar-refractivity contribution in [3.05, 3.63) is 41.7 Å². The van der Waals surface area contributed by atoms with Gasteiger partial charge in [-0.1, -0.05) is 11.6 Å². The molecule has 0 aromatic carbocycles. The summed E-state index contributed by atoms with van der Waals surface area (Å²) < 4.78 is 0. The highest BCUT2D eigenvalue weighted by Gasteiger charge is 2.00. The topological polar surface area (TPSA) is 25.2 Å². The van der Waals surface area contributed by atoms with Gasteiger partial charge in [0.1, 0.15) is 0 Å². The number of nitrogens with zero attached hydrogens (tertiary/aromatic N) is 2. The van der Waals surface area contributed by atoms with E-state index in [9.17, 15) is 0 Å². The summed E-state index contributed by atoms with van der Waals surface area (Å²) in [7, 11) is 0. The minimum atomic E-state index is 0.848. The third kappa shape index (κ3) is 2.25. The molecular weight excluding hydrogens is 160 g/mol. The van der Waals surface area contributed by atoms with E-state index in [-0.39, 0.29) is 0 Å². The number of aromatic nitrogens is 1. The summed E-state index contributed by atoms with van der Waals surface area (Å²) in [5.41, 5.74) is 2.79. The van der Waals surface area contributed by atoms with Crippen molar-refractivity contribution in [1.82, 2.24) is 4.98 Å². The lowest BCUT2D eigenvalue weighted by Gasteiger charge is -2.07. The number of aliphatic imine (C=N–C) groups is 1. The van der Waals surface area contributed by atoms with Crippen LogP contribution in [0.25, 0.3) is 0 Å². The molecular formula is C11H12N2. The van der Waals surface area contributed by atoms with Gasteiger partial charge in [0.2, 0.25) is 0 Å². The van der Waals surface area contributed by atoms with Crippen molar-refractivity contribution in [2.24, 2.45) is 4.99 Å². The van der Waals surface area contributed by atoms with E-state index in [2.05, 4.69) is 28.2 Å². The molecule has 0 bridgehead atoms. The summed E-state index contributed by atoms with van der Waals surface area (Å²) in [5.74, 6) is 0. The Kier molecular flexibility index (Phi) is 2.51. The molecule has 0 aliphatic carbocycles. The molecule has 0 unspecified atom stereocenters. The molecule has 2 heterocycles. The molecule has 0 spiro atoms. The number of allylic oxidation sites excluding steroid dienone is 1. The lowest BCUT2D eigenvalue weighted by atomic mass is 10.0. The van der Waals surface area contributed by atoms with Crippen LogP contribution < -0.4 is 0 Å². The highest BCUT2D eigenvalue weighted by atomic mass is 14.7. The summed E-state index contributed by atoms with van der Waals surface area (Å²) in [6.45, 7) is 0.848. The number of pyridine rings is 1. The maximum atomic E-state index is 4.16. The molecule has 0 N–H and O–H groups in total. The van der Waals surface area contributed by atoms with E-state index in [0.29, 0.717) is 0 Å². The second kappa shape index (κ2) is 3.99. The Balaban J connectivity index is 2.02. The number of dihydropyridines is 1. The zero-order valence-electron chi connectivity index (χ0n) is 7.48. The normalized spacial score (nSPS) is 15.5. The van der Waals surface area contributed by atoms with E-state index < -0.39 is 0 Å². The zero-order valence-corrected chi connectivity index (χ0v) is 7.48. The minimum Gasteiger partial charge on any atom is -0.293 e. The fourth-order valence-corrected chi connectivity index (χ4v) is 1.43. The molecule has 0 fully saturated rings. The lowest BCUT2D eigenvalue weighted by Crippen LogP contribution is -1.97. The Bertz CT molecular complexity index is 325. The fraction of sp³-hybridized carbons (Fsp3) is 0.273.